The molecule has 0 aliphatic rings. The Hall–Kier alpha value is -3.54. The molecule has 226 valence electrons. The van der Waals surface area contributed by atoms with E-state index in [1.54, 1.807) is 27.7 Å². The van der Waals surface area contributed by atoms with E-state index >= 15 is 0 Å². The van der Waals surface area contributed by atoms with Gasteiger partial charge in [0.2, 0.25) is 0 Å². The van der Waals surface area contributed by atoms with E-state index in [9.17, 15) is 24.3 Å². The fourth-order valence-electron chi connectivity index (χ4n) is 3.19. The molecule has 0 saturated carbocycles. The number of benzene rings is 1. The third-order valence-corrected chi connectivity index (χ3v) is 6.25. The van der Waals surface area contributed by atoms with Crippen LogP contribution in [0.4, 0.5) is 14.4 Å². The van der Waals surface area contributed by atoms with Gasteiger partial charge in [-0.2, -0.15) is 0 Å². The molecular weight excluding hydrogens is 526 g/mol. The molecule has 40 heavy (non-hydrogen) atoms. The molecule has 0 heterocycles. The lowest BCUT2D eigenvalue weighted by molar-refractivity contribution is -0.145. The number of carbonyl (C=O) groups is 4. The van der Waals surface area contributed by atoms with Crippen molar-refractivity contribution in [1.29, 1.82) is 0 Å². The van der Waals surface area contributed by atoms with E-state index in [4.69, 9.17) is 34.2 Å². The summed E-state index contributed by atoms with van der Waals surface area (Å²) in [5.74, 6) is -1.69. The highest BCUT2D eigenvalue weighted by molar-refractivity contribution is 5.79. The Morgan fingerprint density at radius 1 is 0.825 bits per heavy atom. The number of carboxylic acid groups (broad SMARTS) is 1. The van der Waals surface area contributed by atoms with Crippen molar-refractivity contribution in [2.45, 2.75) is 117 Å². The molecule has 0 aromatic heterocycles. The molecule has 0 fully saturated rings. The lowest BCUT2D eigenvalue weighted by Gasteiger charge is -2.29. The predicted molar refractivity (Wildman–Crippen MR) is 144 cm³/mol. The first kappa shape index (κ1) is 34.5. The summed E-state index contributed by atoms with van der Waals surface area (Å²) in [6, 6.07) is 4.11. The number of carbonyl (C=O) groups excluding carboxylic acids is 3. The Kier molecular flexibility index (Phi) is 13.2. The van der Waals surface area contributed by atoms with E-state index in [2.05, 4.69) is 0 Å². The van der Waals surface area contributed by atoms with Crippen LogP contribution in [0, 0.1) is 0 Å². The molecule has 4 atom stereocenters. The second-order valence-corrected chi connectivity index (χ2v) is 10.4. The number of aliphatic carboxylic acids is 1. The normalized spacial score (nSPS) is 15.0. The minimum Gasteiger partial charge on any atom is -0.480 e. The Labute approximate surface area is 235 Å². The third-order valence-electron chi connectivity index (χ3n) is 6.25. The van der Waals surface area contributed by atoms with E-state index in [0.717, 1.165) is 0 Å². The maximum Gasteiger partial charge on any atom is 0.514 e. The van der Waals surface area contributed by atoms with Crippen LogP contribution in [0.15, 0.2) is 18.2 Å². The van der Waals surface area contributed by atoms with Crippen molar-refractivity contribution < 1.29 is 52.7 Å². The van der Waals surface area contributed by atoms with E-state index in [1.807, 2.05) is 20.8 Å². The van der Waals surface area contributed by atoms with E-state index in [-0.39, 0.29) is 24.3 Å². The van der Waals surface area contributed by atoms with Gasteiger partial charge in [0.15, 0.2) is 11.5 Å². The number of nitrogens with two attached hydrogens (primary N) is 1. The van der Waals surface area contributed by atoms with Crippen LogP contribution in [0.5, 0.6) is 11.5 Å². The zero-order valence-corrected chi connectivity index (χ0v) is 24.6. The fourth-order valence-corrected chi connectivity index (χ4v) is 3.19. The fraction of sp³-hybridized carbons (Fsp3) is 0.643. The summed E-state index contributed by atoms with van der Waals surface area (Å²) >= 11 is 0. The van der Waals surface area contributed by atoms with Crippen molar-refractivity contribution in [1.82, 2.24) is 0 Å². The van der Waals surface area contributed by atoms with Crippen LogP contribution in [-0.2, 0) is 30.2 Å². The zero-order chi connectivity index (χ0) is 30.7. The Bertz CT molecular complexity index is 1030. The molecule has 0 aliphatic carbocycles. The first-order valence-electron chi connectivity index (χ1n) is 13.4. The van der Waals surface area contributed by atoms with Crippen LogP contribution in [0.3, 0.4) is 0 Å². The van der Waals surface area contributed by atoms with Crippen molar-refractivity contribution in [3.63, 3.8) is 0 Å². The number of rotatable bonds is 14. The van der Waals surface area contributed by atoms with E-state index < -0.39 is 53.9 Å². The summed E-state index contributed by atoms with van der Waals surface area (Å²) in [5.41, 5.74) is 3.96. The van der Waals surface area contributed by atoms with Gasteiger partial charge >= 0.3 is 24.4 Å². The second-order valence-electron chi connectivity index (χ2n) is 10.4. The Balaban J connectivity index is 3.19. The molecule has 0 radical (unpaired) electrons. The number of ether oxygens (including phenoxy) is 6. The van der Waals surface area contributed by atoms with Gasteiger partial charge in [0.25, 0.3) is 0 Å². The number of hydrogen-bond donors (Lipinski definition) is 2. The van der Waals surface area contributed by atoms with Crippen molar-refractivity contribution in [2.75, 3.05) is 0 Å². The van der Waals surface area contributed by atoms with Crippen LogP contribution >= 0.6 is 0 Å². The summed E-state index contributed by atoms with van der Waals surface area (Å²) in [6.07, 6.45) is -3.59. The monoisotopic (exact) mass is 569 g/mol. The molecule has 12 nitrogen and oxygen atoms in total. The van der Waals surface area contributed by atoms with Gasteiger partial charge in [-0.15, -0.1) is 0 Å². The predicted octanol–water partition coefficient (Wildman–Crippen LogP) is 5.76. The quantitative estimate of drug-likeness (QED) is 0.158. The van der Waals surface area contributed by atoms with Crippen LogP contribution in [-0.4, -0.2) is 59.0 Å². The first-order chi connectivity index (χ1) is 18.5. The highest BCUT2D eigenvalue weighted by Gasteiger charge is 2.38. The average Bonchev–Trinajstić information content (AvgIpc) is 2.84. The third kappa shape index (κ3) is 11.7. The molecule has 0 spiro atoms. The van der Waals surface area contributed by atoms with Gasteiger partial charge in [-0.3, -0.25) is 4.79 Å². The van der Waals surface area contributed by atoms with E-state index in [0.29, 0.717) is 24.8 Å². The molecule has 12 heteroatoms. The van der Waals surface area contributed by atoms with Crippen molar-refractivity contribution >= 4 is 24.4 Å². The second kappa shape index (κ2) is 15.3. The summed E-state index contributed by atoms with van der Waals surface area (Å²) < 4.78 is 31.3. The number of hydrogen-bond acceptors (Lipinski definition) is 11. The molecule has 1 rings (SSSR count). The van der Waals surface area contributed by atoms with Crippen molar-refractivity contribution in [3.05, 3.63) is 23.8 Å². The maximum absolute atomic E-state index is 12.3. The molecule has 0 saturated heterocycles. The summed E-state index contributed by atoms with van der Waals surface area (Å²) in [6.45, 7) is 13.8. The average molecular weight is 570 g/mol. The van der Waals surface area contributed by atoms with Gasteiger partial charge in [-0.25, -0.2) is 14.4 Å². The summed E-state index contributed by atoms with van der Waals surface area (Å²) in [4.78, 5) is 48.9. The van der Waals surface area contributed by atoms with Crippen molar-refractivity contribution in [3.8, 4) is 11.5 Å². The highest BCUT2D eigenvalue weighted by Crippen LogP contribution is 2.32. The van der Waals surface area contributed by atoms with Gasteiger partial charge < -0.3 is 39.3 Å². The van der Waals surface area contributed by atoms with Gasteiger partial charge in [0.05, 0.1) is 0 Å². The standard InChI is InChI=1S/C28H43NO11/c1-9-17(4)35-24(32)38-21-13-12-20(14-22(21)39-25(33)36-18(5)10-2)16-28(29,23(30)31)15-19(6)37-26(34)40-27(7,8)11-3/h12-14,17-19H,9-11,15-16,29H2,1-8H3,(H,30,31)/t17?,18?,19-,28?/m0/s1. The van der Waals surface area contributed by atoms with Gasteiger partial charge in [-0.1, -0.05) is 26.8 Å². The highest BCUT2D eigenvalue weighted by atomic mass is 16.8. The first-order valence-corrected chi connectivity index (χ1v) is 13.4. The van der Waals surface area contributed by atoms with Gasteiger partial charge in [0, 0.05) is 12.8 Å². The molecule has 1 aromatic carbocycles. The Morgan fingerprint density at radius 3 is 1.80 bits per heavy atom. The molecule has 1 aromatic rings. The lowest BCUT2D eigenvalue weighted by Crippen LogP contribution is -2.52. The topological polar surface area (TPSA) is 170 Å². The van der Waals surface area contributed by atoms with Crippen LogP contribution < -0.4 is 15.2 Å². The molecule has 0 bridgehead atoms. The smallest absolute Gasteiger partial charge is 0.480 e. The molecule has 0 aliphatic heterocycles. The Morgan fingerprint density at radius 2 is 1.32 bits per heavy atom. The van der Waals surface area contributed by atoms with E-state index in [1.165, 1.54) is 25.1 Å². The summed E-state index contributed by atoms with van der Waals surface area (Å²) in [5, 5.41) is 9.94. The zero-order valence-electron chi connectivity index (χ0n) is 24.6. The number of carboxylic acids is 1. The minimum absolute atomic E-state index is 0.144. The largest absolute Gasteiger partial charge is 0.514 e. The lowest BCUT2D eigenvalue weighted by atomic mass is 9.86. The van der Waals surface area contributed by atoms with Crippen LogP contribution in [0.25, 0.3) is 0 Å². The van der Waals surface area contributed by atoms with Gasteiger partial charge in [0.1, 0.15) is 29.5 Å². The van der Waals surface area contributed by atoms with Crippen LogP contribution in [0.2, 0.25) is 0 Å². The molecule has 3 unspecified atom stereocenters. The molecular formula is C28H43NO11. The van der Waals surface area contributed by atoms with Gasteiger partial charge in [-0.05, 0) is 71.6 Å². The SMILES string of the molecule is CCC(C)OC(=O)Oc1ccc(CC(N)(C[C@H](C)OC(=O)OC(C)(C)CC)C(=O)O)cc1OC(=O)OC(C)CC. The van der Waals surface area contributed by atoms with Crippen LogP contribution in [0.1, 0.15) is 86.6 Å². The molecule has 0 amide bonds. The molecule has 3 N–H and O–H groups in total. The maximum atomic E-state index is 12.3. The minimum atomic E-state index is -1.88. The van der Waals surface area contributed by atoms with Crippen molar-refractivity contribution in [2.24, 2.45) is 5.73 Å². The summed E-state index contributed by atoms with van der Waals surface area (Å²) in [7, 11) is 0.